The molecule has 6 nitrogen and oxygen atoms in total. The lowest BCUT2D eigenvalue weighted by atomic mass is 10.0. The summed E-state index contributed by atoms with van der Waals surface area (Å²) in [4.78, 5) is 24.7. The molecule has 3 N–H and O–H groups in total. The van der Waals surface area contributed by atoms with Crippen molar-refractivity contribution in [3.63, 3.8) is 0 Å². The van der Waals surface area contributed by atoms with Gasteiger partial charge in [-0.15, -0.1) is 0 Å². The molecular weight excluding hydrogens is 1170 g/mol. The number of hydrogen-bond donors (Lipinski definition) is 3. The van der Waals surface area contributed by atoms with Gasteiger partial charge in [0.25, 0.3) is 0 Å². The van der Waals surface area contributed by atoms with E-state index in [-0.39, 0.29) is 18.5 Å². The van der Waals surface area contributed by atoms with Gasteiger partial charge in [0, 0.05) is 12.8 Å². The first-order valence-corrected chi connectivity index (χ1v) is 44.9. The molecule has 1 amide bonds. The third-order valence-electron chi connectivity index (χ3n) is 21.6. The maximum Gasteiger partial charge on any atom is 0.305 e. The lowest BCUT2D eigenvalue weighted by molar-refractivity contribution is -0.143. The van der Waals surface area contributed by atoms with E-state index in [1.54, 1.807) is 0 Å². The molecule has 0 aromatic rings. The van der Waals surface area contributed by atoms with Gasteiger partial charge in [-0.05, 0) is 51.4 Å². The molecule has 0 spiro atoms. The highest BCUT2D eigenvalue weighted by molar-refractivity contribution is 5.76. The van der Waals surface area contributed by atoms with Crippen molar-refractivity contribution in [2.45, 2.75) is 540 Å². The molecular formula is C90H177NO5. The molecule has 0 saturated carbocycles. The summed E-state index contributed by atoms with van der Waals surface area (Å²) >= 11 is 0. The van der Waals surface area contributed by atoms with E-state index in [2.05, 4.69) is 31.3 Å². The van der Waals surface area contributed by atoms with E-state index in [9.17, 15) is 19.8 Å². The summed E-state index contributed by atoms with van der Waals surface area (Å²) in [5.41, 5.74) is 0. The number of aliphatic hydroxyl groups excluding tert-OH is 2. The van der Waals surface area contributed by atoms with Crippen LogP contribution in [0.2, 0.25) is 0 Å². The average Bonchev–Trinajstić information content (AvgIpc) is 2.37. The van der Waals surface area contributed by atoms with Gasteiger partial charge < -0.3 is 20.3 Å². The molecule has 6 heteroatoms. The first-order valence-electron chi connectivity index (χ1n) is 44.9. The van der Waals surface area contributed by atoms with Crippen LogP contribution in [-0.4, -0.2) is 47.4 Å². The van der Waals surface area contributed by atoms with Crippen LogP contribution in [0.1, 0.15) is 528 Å². The van der Waals surface area contributed by atoms with Gasteiger partial charge >= 0.3 is 5.97 Å². The highest BCUT2D eigenvalue weighted by Crippen LogP contribution is 2.22. The van der Waals surface area contributed by atoms with Crippen LogP contribution in [0.15, 0.2) is 12.2 Å². The zero-order valence-electron chi connectivity index (χ0n) is 65.9. The Kier molecular flexibility index (Phi) is 84.8. The molecule has 2 atom stereocenters. The van der Waals surface area contributed by atoms with Gasteiger partial charge in [0.2, 0.25) is 5.91 Å². The standard InChI is InChI=1S/C90H177NO5/c1-3-5-7-9-11-13-15-17-19-21-22-23-24-42-45-48-51-54-58-62-66-70-74-78-82-88(93)87(86-92)91-89(94)83-79-75-71-67-63-59-55-52-49-46-43-40-38-36-34-32-30-28-26-25-27-29-31-33-35-37-39-41-44-47-50-53-57-61-65-69-73-77-81-85-96-90(95)84-80-76-72-68-64-60-56-20-18-16-14-12-10-8-6-4-2/h20,56,87-88,92-93H,3-19,21-55,57-86H2,1-2H3,(H,91,94)/b56-20-. The summed E-state index contributed by atoms with van der Waals surface area (Å²) in [6.45, 7) is 5.02. The maximum atomic E-state index is 12.6. The van der Waals surface area contributed by atoms with Gasteiger partial charge in [-0.2, -0.15) is 0 Å². The molecule has 96 heavy (non-hydrogen) atoms. The second kappa shape index (κ2) is 86.0. The Balaban J connectivity index is 3.30. The number of amides is 1. The minimum absolute atomic E-state index is 0.0181. The molecule has 0 bridgehead atoms. The van der Waals surface area contributed by atoms with Crippen LogP contribution in [0.5, 0.6) is 0 Å². The molecule has 0 aromatic heterocycles. The van der Waals surface area contributed by atoms with Crippen LogP contribution < -0.4 is 5.32 Å². The first kappa shape index (κ1) is 94.6. The average molecular weight is 1350 g/mol. The summed E-state index contributed by atoms with van der Waals surface area (Å²) < 4.78 is 5.51. The van der Waals surface area contributed by atoms with Gasteiger partial charge in [0.05, 0.1) is 25.4 Å². The predicted octanol–water partition coefficient (Wildman–Crippen LogP) is 30.2. The quantitative estimate of drug-likeness (QED) is 0.0320. The Morgan fingerprint density at radius 1 is 0.281 bits per heavy atom. The van der Waals surface area contributed by atoms with Crippen LogP contribution in [0.25, 0.3) is 0 Å². The van der Waals surface area contributed by atoms with E-state index < -0.39 is 12.1 Å². The van der Waals surface area contributed by atoms with Crippen molar-refractivity contribution >= 4 is 11.9 Å². The molecule has 0 aliphatic carbocycles. The molecule has 0 aliphatic rings. The number of nitrogens with one attached hydrogen (secondary N) is 1. The second-order valence-electron chi connectivity index (χ2n) is 31.3. The fourth-order valence-corrected chi connectivity index (χ4v) is 14.8. The summed E-state index contributed by atoms with van der Waals surface area (Å²) in [7, 11) is 0. The molecule has 0 fully saturated rings. The van der Waals surface area contributed by atoms with Crippen molar-refractivity contribution in [3.8, 4) is 0 Å². The van der Waals surface area contributed by atoms with Crippen molar-refractivity contribution in [3.05, 3.63) is 12.2 Å². The number of esters is 1. The van der Waals surface area contributed by atoms with Crippen LogP contribution in [0.3, 0.4) is 0 Å². The number of carbonyl (C=O) groups is 2. The molecule has 0 heterocycles. The van der Waals surface area contributed by atoms with Crippen molar-refractivity contribution in [2.24, 2.45) is 0 Å². The molecule has 572 valence electrons. The Hall–Kier alpha value is -1.40. The van der Waals surface area contributed by atoms with Crippen LogP contribution in [0, 0.1) is 0 Å². The number of unbranched alkanes of at least 4 members (excludes halogenated alkanes) is 73. The SMILES string of the molecule is CCCCCCCCC/C=C\CCCCCCCC(=O)OCCCCCCCCCCCCCCCCCCCCCCCCCCCCCCCCCCCCCCCCCC(=O)NC(CO)C(O)CCCCCCCCCCCCCCCCCCCCCCCCCC. The summed E-state index contributed by atoms with van der Waals surface area (Å²) in [6.07, 6.45) is 111. The summed E-state index contributed by atoms with van der Waals surface area (Å²) in [5, 5.41) is 23.5. The third-order valence-corrected chi connectivity index (χ3v) is 21.6. The van der Waals surface area contributed by atoms with Crippen LogP contribution in [-0.2, 0) is 14.3 Å². The van der Waals surface area contributed by atoms with Crippen molar-refractivity contribution < 1.29 is 24.5 Å². The third kappa shape index (κ3) is 81.6. The lowest BCUT2D eigenvalue weighted by Crippen LogP contribution is -2.45. The Bertz CT molecular complexity index is 1470. The summed E-state index contributed by atoms with van der Waals surface area (Å²) in [6, 6.07) is -0.538. The van der Waals surface area contributed by atoms with Crippen molar-refractivity contribution in [1.82, 2.24) is 5.32 Å². The van der Waals surface area contributed by atoms with Gasteiger partial charge in [-0.3, -0.25) is 9.59 Å². The van der Waals surface area contributed by atoms with Gasteiger partial charge in [-0.25, -0.2) is 0 Å². The number of ether oxygens (including phenoxy) is 1. The molecule has 0 saturated heterocycles. The molecule has 2 unspecified atom stereocenters. The van der Waals surface area contributed by atoms with Crippen molar-refractivity contribution in [1.29, 1.82) is 0 Å². The van der Waals surface area contributed by atoms with E-state index in [4.69, 9.17) is 4.74 Å². The topological polar surface area (TPSA) is 95.9 Å². The number of carbonyl (C=O) groups excluding carboxylic acids is 2. The van der Waals surface area contributed by atoms with E-state index in [0.29, 0.717) is 25.9 Å². The first-order chi connectivity index (χ1) is 47.5. The minimum Gasteiger partial charge on any atom is -0.466 e. The number of aliphatic hydroxyl groups is 2. The van der Waals surface area contributed by atoms with E-state index >= 15 is 0 Å². The monoisotopic (exact) mass is 1350 g/mol. The fourth-order valence-electron chi connectivity index (χ4n) is 14.8. The number of allylic oxidation sites excluding steroid dienone is 2. The van der Waals surface area contributed by atoms with Crippen LogP contribution >= 0.6 is 0 Å². The van der Waals surface area contributed by atoms with E-state index in [1.807, 2.05) is 0 Å². The van der Waals surface area contributed by atoms with E-state index in [0.717, 1.165) is 44.9 Å². The molecule has 0 radical (unpaired) electrons. The van der Waals surface area contributed by atoms with Crippen molar-refractivity contribution in [2.75, 3.05) is 13.2 Å². The van der Waals surface area contributed by atoms with E-state index in [1.165, 1.54) is 449 Å². The predicted molar refractivity (Wildman–Crippen MR) is 426 cm³/mol. The summed E-state index contributed by atoms with van der Waals surface area (Å²) in [5.74, 6) is -0.00388. The smallest absolute Gasteiger partial charge is 0.305 e. The molecule has 0 aliphatic heterocycles. The second-order valence-corrected chi connectivity index (χ2v) is 31.3. The van der Waals surface area contributed by atoms with Gasteiger partial charge in [-0.1, -0.05) is 475 Å². The van der Waals surface area contributed by atoms with Gasteiger partial charge in [0.1, 0.15) is 0 Å². The lowest BCUT2D eigenvalue weighted by Gasteiger charge is -2.22. The maximum absolute atomic E-state index is 12.6. The molecule has 0 rings (SSSR count). The largest absolute Gasteiger partial charge is 0.466 e. The Labute approximate surface area is 603 Å². The van der Waals surface area contributed by atoms with Crippen LogP contribution in [0.4, 0.5) is 0 Å². The molecule has 0 aromatic carbocycles. The Morgan fingerprint density at radius 3 is 0.740 bits per heavy atom. The zero-order valence-corrected chi connectivity index (χ0v) is 65.9. The van der Waals surface area contributed by atoms with Gasteiger partial charge in [0.15, 0.2) is 0 Å². The highest BCUT2D eigenvalue weighted by Gasteiger charge is 2.20. The highest BCUT2D eigenvalue weighted by atomic mass is 16.5. The Morgan fingerprint density at radius 2 is 0.490 bits per heavy atom. The fraction of sp³-hybridized carbons (Fsp3) is 0.956. The normalized spacial score (nSPS) is 12.4. The number of hydrogen-bond acceptors (Lipinski definition) is 5. The minimum atomic E-state index is -0.661. The zero-order chi connectivity index (χ0) is 69.1. The number of rotatable bonds is 86.